The Labute approximate surface area is 66.7 Å². The molecule has 0 amide bonds. The molecule has 1 aliphatic carbocycles. The summed E-state index contributed by atoms with van der Waals surface area (Å²) in [7, 11) is 1.65. The van der Waals surface area contributed by atoms with Crippen LogP contribution in [0.5, 0.6) is 0 Å². The normalized spacial score (nSPS) is 36.1. The molecule has 3 unspecified atom stereocenters. The third-order valence-corrected chi connectivity index (χ3v) is 2.12. The first kappa shape index (κ1) is 8.53. The summed E-state index contributed by atoms with van der Waals surface area (Å²) < 4.78 is 10.1. The largest absolute Gasteiger partial charge is 0.460 e. The lowest BCUT2D eigenvalue weighted by atomic mass is 9.80. The fraction of sp³-hybridized carbons (Fsp3) is 0.875. The summed E-state index contributed by atoms with van der Waals surface area (Å²) in [6, 6.07) is 0. The molecule has 0 spiro atoms. The molecule has 3 atom stereocenters. The Bertz CT molecular complexity index is 155. The second-order valence-corrected chi connectivity index (χ2v) is 3.06. The van der Waals surface area contributed by atoms with Crippen molar-refractivity contribution in [1.82, 2.24) is 0 Å². The van der Waals surface area contributed by atoms with E-state index in [0.29, 0.717) is 5.92 Å². The van der Waals surface area contributed by atoms with Gasteiger partial charge in [0.05, 0.1) is 6.10 Å². The van der Waals surface area contributed by atoms with Crippen LogP contribution in [0, 0.1) is 5.92 Å². The summed E-state index contributed by atoms with van der Waals surface area (Å²) in [5.41, 5.74) is 0. The summed E-state index contributed by atoms with van der Waals surface area (Å²) in [5, 5.41) is 0. The molecule has 0 aromatic heterocycles. The van der Waals surface area contributed by atoms with Gasteiger partial charge in [-0.15, -0.1) is 0 Å². The zero-order valence-corrected chi connectivity index (χ0v) is 7.16. The zero-order valence-electron chi connectivity index (χ0n) is 7.16. The van der Waals surface area contributed by atoms with Crippen molar-refractivity contribution in [2.24, 2.45) is 5.92 Å². The molecule has 1 fully saturated rings. The molecule has 11 heavy (non-hydrogen) atoms. The van der Waals surface area contributed by atoms with E-state index >= 15 is 0 Å². The van der Waals surface area contributed by atoms with Gasteiger partial charge in [-0.2, -0.15) is 0 Å². The van der Waals surface area contributed by atoms with Gasteiger partial charge in [0.1, 0.15) is 6.10 Å². The highest BCUT2D eigenvalue weighted by Crippen LogP contribution is 2.32. The minimum atomic E-state index is -0.219. The van der Waals surface area contributed by atoms with Crippen LogP contribution in [-0.2, 0) is 14.3 Å². The van der Waals surface area contributed by atoms with Crippen LogP contribution < -0.4 is 0 Å². The Morgan fingerprint density at radius 2 is 2.18 bits per heavy atom. The van der Waals surface area contributed by atoms with Gasteiger partial charge in [-0.3, -0.25) is 4.79 Å². The van der Waals surface area contributed by atoms with Crippen LogP contribution in [0.1, 0.15) is 20.3 Å². The maximum Gasteiger partial charge on any atom is 0.302 e. The second-order valence-electron chi connectivity index (χ2n) is 3.06. The van der Waals surface area contributed by atoms with Crippen LogP contribution in [0.4, 0.5) is 0 Å². The van der Waals surface area contributed by atoms with Crippen LogP contribution in [0.3, 0.4) is 0 Å². The first-order valence-electron chi connectivity index (χ1n) is 3.85. The number of ether oxygens (including phenoxy) is 2. The Balaban J connectivity index is 2.32. The van der Waals surface area contributed by atoms with Gasteiger partial charge in [-0.05, 0) is 12.3 Å². The predicted molar refractivity (Wildman–Crippen MR) is 40.1 cm³/mol. The average Bonchev–Trinajstić information content (AvgIpc) is 1.86. The smallest absolute Gasteiger partial charge is 0.302 e. The number of rotatable bonds is 2. The van der Waals surface area contributed by atoms with E-state index in [2.05, 4.69) is 6.92 Å². The number of methoxy groups -OCH3 is 1. The van der Waals surface area contributed by atoms with Gasteiger partial charge in [0, 0.05) is 14.0 Å². The van der Waals surface area contributed by atoms with Crippen LogP contribution in [0.2, 0.25) is 0 Å². The molecule has 0 heterocycles. The van der Waals surface area contributed by atoms with Crippen molar-refractivity contribution < 1.29 is 14.3 Å². The van der Waals surface area contributed by atoms with E-state index in [9.17, 15) is 4.79 Å². The fourth-order valence-electron chi connectivity index (χ4n) is 1.52. The minimum absolute atomic E-state index is 0.00694. The number of carbonyl (C=O) groups is 1. The Kier molecular flexibility index (Phi) is 2.49. The maximum absolute atomic E-state index is 10.5. The molecule has 0 radical (unpaired) electrons. The Morgan fingerprint density at radius 3 is 2.55 bits per heavy atom. The summed E-state index contributed by atoms with van der Waals surface area (Å²) >= 11 is 0. The van der Waals surface area contributed by atoms with Gasteiger partial charge in [-0.25, -0.2) is 0 Å². The van der Waals surface area contributed by atoms with Crippen molar-refractivity contribution >= 4 is 5.97 Å². The molecule has 0 aliphatic heterocycles. The van der Waals surface area contributed by atoms with Crippen LogP contribution >= 0.6 is 0 Å². The molecule has 0 aromatic carbocycles. The van der Waals surface area contributed by atoms with Crippen LogP contribution in [-0.4, -0.2) is 25.3 Å². The first-order chi connectivity index (χ1) is 5.15. The van der Waals surface area contributed by atoms with Crippen molar-refractivity contribution in [2.75, 3.05) is 7.11 Å². The third kappa shape index (κ3) is 1.71. The van der Waals surface area contributed by atoms with Gasteiger partial charge >= 0.3 is 5.97 Å². The van der Waals surface area contributed by atoms with Crippen molar-refractivity contribution in [3.8, 4) is 0 Å². The van der Waals surface area contributed by atoms with Crippen molar-refractivity contribution in [1.29, 1.82) is 0 Å². The van der Waals surface area contributed by atoms with Gasteiger partial charge in [-0.1, -0.05) is 6.92 Å². The van der Waals surface area contributed by atoms with Crippen LogP contribution in [0.15, 0.2) is 0 Å². The van der Waals surface area contributed by atoms with Crippen molar-refractivity contribution in [2.45, 2.75) is 32.5 Å². The quantitative estimate of drug-likeness (QED) is 0.562. The molecule has 64 valence electrons. The number of esters is 1. The van der Waals surface area contributed by atoms with Gasteiger partial charge in [0.25, 0.3) is 0 Å². The van der Waals surface area contributed by atoms with Gasteiger partial charge < -0.3 is 9.47 Å². The highest BCUT2D eigenvalue weighted by atomic mass is 16.6. The summed E-state index contributed by atoms with van der Waals surface area (Å²) in [5.74, 6) is 0.299. The molecular weight excluding hydrogens is 144 g/mol. The van der Waals surface area contributed by atoms with E-state index in [1.807, 2.05) is 0 Å². The molecule has 3 heteroatoms. The monoisotopic (exact) mass is 158 g/mol. The second kappa shape index (κ2) is 3.22. The van der Waals surface area contributed by atoms with E-state index in [0.717, 1.165) is 6.42 Å². The average molecular weight is 158 g/mol. The van der Waals surface area contributed by atoms with Crippen LogP contribution in [0.25, 0.3) is 0 Å². The predicted octanol–water partition coefficient (Wildman–Crippen LogP) is 0.973. The minimum Gasteiger partial charge on any atom is -0.460 e. The topological polar surface area (TPSA) is 35.5 Å². The standard InChI is InChI=1S/C8H14O3/c1-5-4-7(8(5)10-3)11-6(2)9/h5,7-8H,4H2,1-3H3. The third-order valence-electron chi connectivity index (χ3n) is 2.12. The van der Waals surface area contributed by atoms with Crippen molar-refractivity contribution in [3.05, 3.63) is 0 Å². The summed E-state index contributed by atoms with van der Waals surface area (Å²) in [6.45, 7) is 3.52. The molecule has 1 rings (SSSR count). The fourth-order valence-corrected chi connectivity index (χ4v) is 1.52. The molecule has 0 saturated heterocycles. The van der Waals surface area contributed by atoms with E-state index in [1.54, 1.807) is 7.11 Å². The Morgan fingerprint density at radius 1 is 1.55 bits per heavy atom. The molecule has 1 saturated carbocycles. The molecule has 3 nitrogen and oxygen atoms in total. The number of hydrogen-bond acceptors (Lipinski definition) is 3. The van der Waals surface area contributed by atoms with E-state index in [1.165, 1.54) is 6.92 Å². The van der Waals surface area contributed by atoms with E-state index in [4.69, 9.17) is 9.47 Å². The molecule has 0 aromatic rings. The number of carbonyl (C=O) groups excluding carboxylic acids is 1. The Hall–Kier alpha value is -0.570. The number of hydrogen-bond donors (Lipinski definition) is 0. The first-order valence-corrected chi connectivity index (χ1v) is 3.85. The summed E-state index contributed by atoms with van der Waals surface area (Å²) in [4.78, 5) is 10.5. The zero-order chi connectivity index (χ0) is 8.43. The lowest BCUT2D eigenvalue weighted by Crippen LogP contribution is -2.48. The molecule has 0 bridgehead atoms. The van der Waals surface area contributed by atoms with Crippen molar-refractivity contribution in [3.63, 3.8) is 0 Å². The lowest BCUT2D eigenvalue weighted by molar-refractivity contribution is -0.175. The summed E-state index contributed by atoms with van der Waals surface area (Å²) in [6.07, 6.45) is 1.03. The highest BCUT2D eigenvalue weighted by molar-refractivity contribution is 5.66. The molecule has 0 N–H and O–H groups in total. The lowest BCUT2D eigenvalue weighted by Gasteiger charge is -2.40. The molecular formula is C8H14O3. The van der Waals surface area contributed by atoms with Gasteiger partial charge in [0.15, 0.2) is 0 Å². The SMILES string of the molecule is COC1C(C)CC1OC(C)=O. The highest BCUT2D eigenvalue weighted by Gasteiger charge is 2.40. The van der Waals surface area contributed by atoms with E-state index in [-0.39, 0.29) is 18.2 Å². The maximum atomic E-state index is 10.5. The van der Waals surface area contributed by atoms with Gasteiger partial charge in [0.2, 0.25) is 0 Å². The van der Waals surface area contributed by atoms with E-state index < -0.39 is 0 Å². The molecule has 1 aliphatic rings.